The second-order valence-corrected chi connectivity index (χ2v) is 11.7. The summed E-state index contributed by atoms with van der Waals surface area (Å²) < 4.78 is 64.8. The molecule has 0 bridgehead atoms. The Labute approximate surface area is 208 Å². The Bertz CT molecular complexity index is 1440. The molecule has 0 saturated heterocycles. The van der Waals surface area contributed by atoms with Crippen LogP contribution in [0.2, 0.25) is 0 Å². The third-order valence-electron chi connectivity index (χ3n) is 5.05. The van der Waals surface area contributed by atoms with Gasteiger partial charge < -0.3 is 5.32 Å². The van der Waals surface area contributed by atoms with E-state index in [1.54, 1.807) is 18.2 Å². The molecule has 35 heavy (non-hydrogen) atoms. The quantitative estimate of drug-likeness (QED) is 0.288. The van der Waals surface area contributed by atoms with Gasteiger partial charge in [-0.1, -0.05) is 30.3 Å². The number of sulfone groups is 1. The molecule has 2 heterocycles. The number of thioether (sulfide) groups is 1. The van der Waals surface area contributed by atoms with E-state index in [4.69, 9.17) is 0 Å². The molecule has 1 N–H and O–H groups in total. The van der Waals surface area contributed by atoms with Crippen LogP contribution in [0.1, 0.15) is 20.8 Å². The van der Waals surface area contributed by atoms with Crippen LogP contribution in [0.5, 0.6) is 0 Å². The van der Waals surface area contributed by atoms with Gasteiger partial charge in [-0.15, -0.1) is 23.1 Å². The normalized spacial score (nSPS) is 12.1. The van der Waals surface area contributed by atoms with Crippen molar-refractivity contribution in [1.29, 1.82) is 0 Å². The summed E-state index contributed by atoms with van der Waals surface area (Å²) in [4.78, 5) is 18.4. The van der Waals surface area contributed by atoms with Crippen LogP contribution in [0.3, 0.4) is 0 Å². The molecular formula is C24H19F3N2O3S3. The lowest BCUT2D eigenvalue weighted by atomic mass is 10.1. The van der Waals surface area contributed by atoms with Crippen molar-refractivity contribution in [2.75, 3.05) is 11.5 Å². The van der Waals surface area contributed by atoms with Gasteiger partial charge in [0.05, 0.1) is 33.8 Å². The van der Waals surface area contributed by atoms with Crippen molar-refractivity contribution in [2.24, 2.45) is 0 Å². The van der Waals surface area contributed by atoms with E-state index >= 15 is 0 Å². The molecule has 0 saturated carbocycles. The van der Waals surface area contributed by atoms with Gasteiger partial charge in [0.2, 0.25) is 0 Å². The topological polar surface area (TPSA) is 76.1 Å². The zero-order chi connectivity index (χ0) is 25.1. The summed E-state index contributed by atoms with van der Waals surface area (Å²) in [6.07, 6.45) is -4.54. The monoisotopic (exact) mass is 536 g/mol. The number of hydrogen-bond acceptors (Lipinski definition) is 6. The summed E-state index contributed by atoms with van der Waals surface area (Å²) in [6, 6.07) is 16.3. The third-order valence-corrected chi connectivity index (χ3v) is 8.91. The maximum Gasteiger partial charge on any atom is 0.416 e. The number of amides is 1. The van der Waals surface area contributed by atoms with Gasteiger partial charge in [-0.05, 0) is 41.8 Å². The van der Waals surface area contributed by atoms with Crippen LogP contribution in [-0.4, -0.2) is 30.8 Å². The van der Waals surface area contributed by atoms with Gasteiger partial charge >= 0.3 is 6.18 Å². The Hall–Kier alpha value is -2.89. The van der Waals surface area contributed by atoms with Gasteiger partial charge in [-0.25, -0.2) is 13.4 Å². The number of halogens is 3. The molecule has 2 aromatic carbocycles. The molecule has 2 aromatic heterocycles. The number of carbonyl (C=O) groups is 1. The van der Waals surface area contributed by atoms with E-state index in [-0.39, 0.29) is 39.1 Å². The number of rotatable bonds is 8. The van der Waals surface area contributed by atoms with E-state index in [9.17, 15) is 26.4 Å². The first-order chi connectivity index (χ1) is 16.6. The lowest BCUT2D eigenvalue weighted by Crippen LogP contribution is -2.23. The minimum absolute atomic E-state index is 0.0693. The fourth-order valence-corrected chi connectivity index (χ4v) is 6.59. The minimum Gasteiger partial charge on any atom is -0.347 e. The number of aromatic nitrogens is 1. The highest BCUT2D eigenvalue weighted by Crippen LogP contribution is 2.33. The summed E-state index contributed by atoms with van der Waals surface area (Å²) in [6.45, 7) is 0.286. The molecule has 0 aliphatic heterocycles. The molecular weight excluding hydrogens is 517 g/mol. The lowest BCUT2D eigenvalue weighted by molar-refractivity contribution is -0.137. The van der Waals surface area contributed by atoms with Crippen LogP contribution >= 0.6 is 23.1 Å². The number of thiophene rings is 1. The molecule has 4 rings (SSSR count). The maximum absolute atomic E-state index is 13.2. The van der Waals surface area contributed by atoms with Gasteiger partial charge in [0, 0.05) is 16.0 Å². The molecule has 11 heteroatoms. The Morgan fingerprint density at radius 3 is 2.49 bits per heavy atom. The van der Waals surface area contributed by atoms with Crippen LogP contribution < -0.4 is 5.32 Å². The van der Waals surface area contributed by atoms with Crippen molar-refractivity contribution >= 4 is 49.7 Å². The van der Waals surface area contributed by atoms with Crippen LogP contribution in [0, 0.1) is 0 Å². The van der Waals surface area contributed by atoms with E-state index in [0.717, 1.165) is 28.8 Å². The first kappa shape index (κ1) is 25.2. The van der Waals surface area contributed by atoms with Crippen LogP contribution in [-0.2, 0) is 22.6 Å². The van der Waals surface area contributed by atoms with Gasteiger partial charge in [-0.3, -0.25) is 4.79 Å². The lowest BCUT2D eigenvalue weighted by Gasteiger charge is -2.13. The molecule has 0 spiro atoms. The number of fused-ring (bicyclic) bond motifs is 1. The SMILES string of the molecule is O=C(NCc1cccs1)c1cc2ccc(C(F)(F)F)cc2nc1SCCS(=O)(=O)c1ccccc1. The summed E-state index contributed by atoms with van der Waals surface area (Å²) >= 11 is 2.50. The molecule has 0 radical (unpaired) electrons. The third kappa shape index (κ3) is 6.22. The zero-order valence-electron chi connectivity index (χ0n) is 18.1. The number of nitrogens with one attached hydrogen (secondary N) is 1. The Kier molecular flexibility index (Phi) is 7.48. The Morgan fingerprint density at radius 1 is 1.03 bits per heavy atom. The van der Waals surface area contributed by atoms with Crippen molar-refractivity contribution in [3.05, 3.63) is 88.1 Å². The molecule has 0 unspecified atom stereocenters. The zero-order valence-corrected chi connectivity index (χ0v) is 20.5. The number of pyridine rings is 1. The summed E-state index contributed by atoms with van der Waals surface area (Å²) in [5.74, 6) is -0.596. The largest absolute Gasteiger partial charge is 0.416 e. The van der Waals surface area contributed by atoms with E-state index in [1.807, 2.05) is 17.5 Å². The molecule has 0 aliphatic carbocycles. The average molecular weight is 537 g/mol. The summed E-state index contributed by atoms with van der Waals surface area (Å²) in [5, 5.41) is 5.22. The number of carbonyl (C=O) groups excluding carboxylic acids is 1. The Balaban J connectivity index is 1.62. The van der Waals surface area contributed by atoms with Gasteiger partial charge in [0.15, 0.2) is 9.84 Å². The smallest absolute Gasteiger partial charge is 0.347 e. The highest BCUT2D eigenvalue weighted by molar-refractivity contribution is 8.00. The molecule has 5 nitrogen and oxygen atoms in total. The predicted molar refractivity (Wildman–Crippen MR) is 131 cm³/mol. The van der Waals surface area contributed by atoms with Crippen molar-refractivity contribution in [2.45, 2.75) is 22.6 Å². The van der Waals surface area contributed by atoms with Crippen LogP contribution in [0.15, 0.2) is 82.0 Å². The molecule has 182 valence electrons. The maximum atomic E-state index is 13.2. The van der Waals surface area contributed by atoms with Crippen LogP contribution in [0.25, 0.3) is 10.9 Å². The molecule has 0 atom stereocenters. The first-order valence-electron chi connectivity index (χ1n) is 10.4. The second kappa shape index (κ2) is 10.4. The fourth-order valence-electron chi connectivity index (χ4n) is 3.27. The molecule has 0 fully saturated rings. The number of nitrogens with zero attached hydrogens (tertiary/aromatic N) is 1. The van der Waals surface area contributed by atoms with E-state index in [1.165, 1.54) is 35.6 Å². The molecule has 4 aromatic rings. The summed E-state index contributed by atoms with van der Waals surface area (Å²) in [7, 11) is -3.57. The van der Waals surface area contributed by atoms with Crippen molar-refractivity contribution in [1.82, 2.24) is 10.3 Å². The highest BCUT2D eigenvalue weighted by Gasteiger charge is 2.31. The van der Waals surface area contributed by atoms with E-state index < -0.39 is 27.5 Å². The van der Waals surface area contributed by atoms with E-state index in [0.29, 0.717) is 5.39 Å². The number of hydrogen-bond donors (Lipinski definition) is 1. The van der Waals surface area contributed by atoms with Gasteiger partial charge in [-0.2, -0.15) is 13.2 Å². The number of benzene rings is 2. The predicted octanol–water partition coefficient (Wildman–Crippen LogP) is 5.81. The Morgan fingerprint density at radius 2 is 1.80 bits per heavy atom. The summed E-state index contributed by atoms with van der Waals surface area (Å²) in [5.41, 5.74) is -0.603. The standard InChI is InChI=1S/C24H19F3N2O3S3/c25-24(26,27)17-9-8-16-13-20(22(30)28-15-18-5-4-10-33-18)23(29-21(16)14-17)34-11-12-35(31,32)19-6-2-1-3-7-19/h1-10,13-14H,11-12,15H2,(H,28,30). The van der Waals surface area contributed by atoms with E-state index in [2.05, 4.69) is 10.3 Å². The van der Waals surface area contributed by atoms with Crippen LogP contribution in [0.4, 0.5) is 13.2 Å². The average Bonchev–Trinajstić information content (AvgIpc) is 3.35. The first-order valence-corrected chi connectivity index (χ1v) is 13.9. The minimum atomic E-state index is -4.54. The van der Waals surface area contributed by atoms with Crippen molar-refractivity contribution in [3.63, 3.8) is 0 Å². The van der Waals surface area contributed by atoms with Crippen molar-refractivity contribution in [3.8, 4) is 0 Å². The van der Waals surface area contributed by atoms with Crippen molar-refractivity contribution < 1.29 is 26.4 Å². The molecule has 1 amide bonds. The molecule has 0 aliphatic rings. The second-order valence-electron chi connectivity index (χ2n) is 7.49. The fraction of sp³-hybridized carbons (Fsp3) is 0.167. The number of alkyl halides is 3. The highest BCUT2D eigenvalue weighted by atomic mass is 32.2. The van der Waals surface area contributed by atoms with Gasteiger partial charge in [0.25, 0.3) is 5.91 Å². The van der Waals surface area contributed by atoms with Gasteiger partial charge in [0.1, 0.15) is 5.03 Å².